The number of halogens is 6. The molecule has 2 aliphatic rings. The first-order valence-corrected chi connectivity index (χ1v) is 11.8. The van der Waals surface area contributed by atoms with E-state index in [1.165, 1.54) is 12.4 Å². The van der Waals surface area contributed by atoms with E-state index in [1.807, 2.05) is 5.32 Å². The molecule has 1 aliphatic heterocycles. The number of likely N-dealkylation sites (tertiary alicyclic amines) is 1. The van der Waals surface area contributed by atoms with E-state index in [-0.39, 0.29) is 48.2 Å². The lowest BCUT2D eigenvalue weighted by Gasteiger charge is -2.46. The van der Waals surface area contributed by atoms with Gasteiger partial charge in [0.15, 0.2) is 0 Å². The summed E-state index contributed by atoms with van der Waals surface area (Å²) in [5.74, 6) is -2.10. The molecule has 0 spiro atoms. The second kappa shape index (κ2) is 10.7. The summed E-state index contributed by atoms with van der Waals surface area (Å²) in [6.07, 6.45) is -5.16. The fourth-order valence-electron chi connectivity index (χ4n) is 4.77. The van der Waals surface area contributed by atoms with Gasteiger partial charge in [-0.15, -0.1) is 0 Å². The first-order chi connectivity index (χ1) is 17.4. The number of aromatic nitrogens is 2. The number of hydrogen-bond acceptors (Lipinski definition) is 6. The van der Waals surface area contributed by atoms with E-state index in [0.717, 1.165) is 25.0 Å². The quantitative estimate of drug-likeness (QED) is 0.474. The Labute approximate surface area is 208 Å². The van der Waals surface area contributed by atoms with Crippen LogP contribution in [0, 0.1) is 5.92 Å². The van der Waals surface area contributed by atoms with Crippen LogP contribution in [0.1, 0.15) is 31.2 Å². The van der Waals surface area contributed by atoms with Gasteiger partial charge in [-0.25, -0.2) is 9.97 Å². The van der Waals surface area contributed by atoms with Crippen molar-refractivity contribution in [2.24, 2.45) is 5.92 Å². The van der Waals surface area contributed by atoms with Gasteiger partial charge in [-0.05, 0) is 49.8 Å². The third-order valence-electron chi connectivity index (χ3n) is 6.80. The Kier molecular flexibility index (Phi) is 7.76. The summed E-state index contributed by atoms with van der Waals surface area (Å²) >= 11 is 0. The second-order valence-corrected chi connectivity index (χ2v) is 9.41. The summed E-state index contributed by atoms with van der Waals surface area (Å²) in [5, 5.41) is 7.77. The molecule has 3 N–H and O–H groups in total. The zero-order valence-electron chi connectivity index (χ0n) is 19.6. The highest BCUT2D eigenvalue weighted by Crippen LogP contribution is 2.33. The van der Waals surface area contributed by atoms with Crippen LogP contribution in [0.3, 0.4) is 0 Å². The number of alkyl halides is 6. The van der Waals surface area contributed by atoms with E-state index in [1.54, 1.807) is 0 Å². The number of nitrogens with one attached hydrogen (secondary N) is 3. The van der Waals surface area contributed by atoms with E-state index in [2.05, 4.69) is 25.5 Å². The van der Waals surface area contributed by atoms with Crippen molar-refractivity contribution in [1.82, 2.24) is 25.5 Å². The molecule has 2 aromatic rings. The third kappa shape index (κ3) is 6.79. The maximum Gasteiger partial charge on any atom is 0.471 e. The minimum Gasteiger partial charge on any atom is -0.360 e. The lowest BCUT2D eigenvalue weighted by molar-refractivity contribution is -0.173. The molecular formula is C23H26F6N6O2. The van der Waals surface area contributed by atoms with Crippen LogP contribution < -0.4 is 16.0 Å². The smallest absolute Gasteiger partial charge is 0.360 e. The summed E-state index contributed by atoms with van der Waals surface area (Å²) in [4.78, 5) is 33.5. The highest BCUT2D eigenvalue weighted by molar-refractivity contribution is 5.91. The molecule has 2 fully saturated rings. The molecule has 0 bridgehead atoms. The summed E-state index contributed by atoms with van der Waals surface area (Å²) in [7, 11) is 0. The molecule has 0 unspecified atom stereocenters. The van der Waals surface area contributed by atoms with Gasteiger partial charge in [0.2, 0.25) is 5.91 Å². The molecule has 8 nitrogen and oxygen atoms in total. The van der Waals surface area contributed by atoms with Crippen molar-refractivity contribution < 1.29 is 35.9 Å². The van der Waals surface area contributed by atoms with Crippen molar-refractivity contribution in [1.29, 1.82) is 0 Å². The van der Waals surface area contributed by atoms with Crippen molar-refractivity contribution in [3.05, 3.63) is 30.1 Å². The van der Waals surface area contributed by atoms with Crippen LogP contribution in [-0.4, -0.2) is 71.1 Å². The van der Waals surface area contributed by atoms with Crippen LogP contribution in [0.5, 0.6) is 0 Å². The number of amides is 2. The van der Waals surface area contributed by atoms with Gasteiger partial charge in [-0.2, -0.15) is 26.3 Å². The number of carbonyl (C=O) groups excluding carboxylic acids is 2. The number of nitrogens with zero attached hydrogens (tertiary/aromatic N) is 3. The summed E-state index contributed by atoms with van der Waals surface area (Å²) in [6, 6.07) is 3.33. The minimum atomic E-state index is -4.87. The molecule has 37 heavy (non-hydrogen) atoms. The van der Waals surface area contributed by atoms with Gasteiger partial charge in [0.25, 0.3) is 0 Å². The van der Waals surface area contributed by atoms with Gasteiger partial charge in [0, 0.05) is 31.1 Å². The van der Waals surface area contributed by atoms with E-state index in [0.29, 0.717) is 31.4 Å². The largest absolute Gasteiger partial charge is 0.471 e. The SMILES string of the molecule is O=C(CNc1ncnc2ccc(C(F)(F)F)cc12)NC1CN(C2CCC(CNC(=O)C(F)(F)F)CC2)C1. The summed E-state index contributed by atoms with van der Waals surface area (Å²) in [5.41, 5.74) is -0.519. The lowest BCUT2D eigenvalue weighted by Crippen LogP contribution is -2.63. The standard InChI is InChI=1S/C23H26F6N6O2/c24-22(25,26)14-3-6-18-17(7-14)20(33-12-32-18)30-9-19(36)34-15-10-35(11-15)16-4-1-13(2-5-16)8-31-21(37)23(27,28)29/h3,6-7,12-13,15-16H,1-2,4-5,8-11H2,(H,31,37)(H,34,36)(H,30,32,33). The predicted molar refractivity (Wildman–Crippen MR) is 121 cm³/mol. The Morgan fingerprint density at radius 3 is 2.35 bits per heavy atom. The first-order valence-electron chi connectivity index (χ1n) is 11.8. The average molecular weight is 532 g/mol. The normalized spacial score (nSPS) is 21.4. The number of benzene rings is 1. The molecule has 4 rings (SSSR count). The topological polar surface area (TPSA) is 99.2 Å². The Morgan fingerprint density at radius 2 is 1.70 bits per heavy atom. The van der Waals surface area contributed by atoms with Gasteiger partial charge < -0.3 is 16.0 Å². The molecule has 2 amide bonds. The fraction of sp³-hybridized carbons (Fsp3) is 0.565. The third-order valence-corrected chi connectivity index (χ3v) is 6.80. The monoisotopic (exact) mass is 532 g/mol. The highest BCUT2D eigenvalue weighted by atomic mass is 19.4. The van der Waals surface area contributed by atoms with Crippen LogP contribution in [0.15, 0.2) is 24.5 Å². The molecule has 202 valence electrons. The van der Waals surface area contributed by atoms with Gasteiger partial charge in [-0.1, -0.05) is 0 Å². The maximum atomic E-state index is 13.1. The first kappa shape index (κ1) is 26.9. The molecule has 1 saturated heterocycles. The number of carbonyl (C=O) groups is 2. The van der Waals surface area contributed by atoms with E-state index in [9.17, 15) is 35.9 Å². The molecule has 1 saturated carbocycles. The maximum absolute atomic E-state index is 13.1. The van der Waals surface area contributed by atoms with Crippen LogP contribution in [-0.2, 0) is 15.8 Å². The van der Waals surface area contributed by atoms with E-state index in [4.69, 9.17) is 0 Å². The van der Waals surface area contributed by atoms with Crippen LogP contribution in [0.4, 0.5) is 32.2 Å². The fourth-order valence-corrected chi connectivity index (χ4v) is 4.77. The van der Waals surface area contributed by atoms with Crippen molar-refractivity contribution in [2.75, 3.05) is 31.5 Å². The van der Waals surface area contributed by atoms with Crippen molar-refractivity contribution in [2.45, 2.75) is 50.1 Å². The molecule has 14 heteroatoms. The average Bonchev–Trinajstić information content (AvgIpc) is 2.82. The molecular weight excluding hydrogens is 506 g/mol. The zero-order valence-corrected chi connectivity index (χ0v) is 19.6. The van der Waals surface area contributed by atoms with Gasteiger partial charge in [-0.3, -0.25) is 14.5 Å². The Balaban J connectivity index is 1.18. The second-order valence-electron chi connectivity index (χ2n) is 9.41. The van der Waals surface area contributed by atoms with Crippen LogP contribution >= 0.6 is 0 Å². The predicted octanol–water partition coefficient (Wildman–Crippen LogP) is 3.10. The van der Waals surface area contributed by atoms with Crippen LogP contribution in [0.2, 0.25) is 0 Å². The Hall–Kier alpha value is -3.16. The number of anilines is 1. The van der Waals surface area contributed by atoms with Gasteiger partial charge >= 0.3 is 18.3 Å². The van der Waals surface area contributed by atoms with Gasteiger partial charge in [0.1, 0.15) is 12.1 Å². The zero-order chi connectivity index (χ0) is 26.8. The van der Waals surface area contributed by atoms with E-state index >= 15 is 0 Å². The number of rotatable bonds is 7. The number of fused-ring (bicyclic) bond motifs is 1. The molecule has 0 radical (unpaired) electrons. The highest BCUT2D eigenvalue weighted by Gasteiger charge is 2.39. The summed E-state index contributed by atoms with van der Waals surface area (Å²) < 4.78 is 76.1. The molecule has 1 aromatic heterocycles. The van der Waals surface area contributed by atoms with Gasteiger partial charge in [0.05, 0.1) is 23.7 Å². The van der Waals surface area contributed by atoms with E-state index < -0.39 is 23.8 Å². The molecule has 2 heterocycles. The summed E-state index contributed by atoms with van der Waals surface area (Å²) in [6.45, 7) is 1.11. The van der Waals surface area contributed by atoms with Crippen LogP contribution in [0.25, 0.3) is 10.9 Å². The Bertz CT molecular complexity index is 1130. The minimum absolute atomic E-state index is 0.00971. The Morgan fingerprint density at radius 1 is 1.00 bits per heavy atom. The van der Waals surface area contributed by atoms with Crippen molar-refractivity contribution >= 4 is 28.5 Å². The van der Waals surface area contributed by atoms with Crippen molar-refractivity contribution in [3.63, 3.8) is 0 Å². The van der Waals surface area contributed by atoms with Crippen molar-refractivity contribution in [3.8, 4) is 0 Å². The molecule has 0 atom stereocenters. The molecule has 1 aromatic carbocycles. The number of hydrogen-bond donors (Lipinski definition) is 3. The lowest BCUT2D eigenvalue weighted by atomic mass is 9.84. The molecule has 1 aliphatic carbocycles.